The molecule has 0 aromatic carbocycles. The van der Waals surface area contributed by atoms with Crippen LogP contribution in [0.15, 0.2) is 5.38 Å². The molecule has 1 unspecified atom stereocenters. The summed E-state index contributed by atoms with van der Waals surface area (Å²) in [7, 11) is 0. The Labute approximate surface area is 118 Å². The highest BCUT2D eigenvalue weighted by Gasteiger charge is 2.42. The highest BCUT2D eigenvalue weighted by atomic mass is 32.1. The fraction of sp³-hybridized carbons (Fsp3) is 0.667. The van der Waals surface area contributed by atoms with Gasteiger partial charge in [-0.15, -0.1) is 11.3 Å². The van der Waals surface area contributed by atoms with Crippen molar-refractivity contribution in [2.45, 2.75) is 39.0 Å². The molecule has 0 aliphatic heterocycles. The third kappa shape index (κ3) is 2.56. The maximum Gasteiger partial charge on any atom is 0.252 e. The standard InChI is InChI=1S/C15H21NO2S/c1-10-2-3-11-12(7-19-13(11)6-10)14(18)16-8-15(9-17)4-5-15/h7,10,17H,2-6,8-9H2,1H3,(H,16,18). The van der Waals surface area contributed by atoms with E-state index in [1.54, 1.807) is 11.3 Å². The summed E-state index contributed by atoms with van der Waals surface area (Å²) in [5.41, 5.74) is 2.13. The Kier molecular flexibility index (Phi) is 3.39. The lowest BCUT2D eigenvalue weighted by Crippen LogP contribution is -2.32. The maximum absolute atomic E-state index is 12.3. The average molecular weight is 279 g/mol. The molecular formula is C15H21NO2S. The first-order chi connectivity index (χ1) is 9.13. The van der Waals surface area contributed by atoms with Crippen LogP contribution in [0.3, 0.4) is 0 Å². The Morgan fingerprint density at radius 2 is 2.37 bits per heavy atom. The van der Waals surface area contributed by atoms with E-state index in [4.69, 9.17) is 0 Å². The van der Waals surface area contributed by atoms with E-state index in [9.17, 15) is 9.90 Å². The summed E-state index contributed by atoms with van der Waals surface area (Å²) < 4.78 is 0. The molecule has 2 aliphatic carbocycles. The fourth-order valence-corrected chi connectivity index (χ4v) is 4.04. The molecule has 1 heterocycles. The zero-order chi connectivity index (χ0) is 13.5. The summed E-state index contributed by atoms with van der Waals surface area (Å²) in [6.07, 6.45) is 5.40. The van der Waals surface area contributed by atoms with Crippen molar-refractivity contribution < 1.29 is 9.90 Å². The summed E-state index contributed by atoms with van der Waals surface area (Å²) in [5.74, 6) is 0.790. The predicted molar refractivity (Wildman–Crippen MR) is 76.6 cm³/mol. The summed E-state index contributed by atoms with van der Waals surface area (Å²) >= 11 is 1.73. The number of nitrogens with one attached hydrogen (secondary N) is 1. The molecule has 0 bridgehead atoms. The number of hydrogen-bond donors (Lipinski definition) is 2. The first-order valence-electron chi connectivity index (χ1n) is 7.12. The van der Waals surface area contributed by atoms with Gasteiger partial charge in [0.2, 0.25) is 0 Å². The van der Waals surface area contributed by atoms with E-state index in [-0.39, 0.29) is 17.9 Å². The minimum absolute atomic E-state index is 0.0136. The lowest BCUT2D eigenvalue weighted by molar-refractivity contribution is 0.0934. The number of fused-ring (bicyclic) bond motifs is 1. The number of carbonyl (C=O) groups excluding carboxylic acids is 1. The quantitative estimate of drug-likeness (QED) is 0.889. The van der Waals surface area contributed by atoms with Crippen LogP contribution in [0, 0.1) is 11.3 Å². The Hall–Kier alpha value is -0.870. The van der Waals surface area contributed by atoms with Crippen LogP contribution in [0.1, 0.15) is 47.0 Å². The van der Waals surface area contributed by atoms with Crippen LogP contribution in [-0.2, 0) is 12.8 Å². The molecule has 104 valence electrons. The molecule has 0 spiro atoms. The van der Waals surface area contributed by atoms with E-state index in [1.165, 1.54) is 16.9 Å². The van der Waals surface area contributed by atoms with E-state index in [0.29, 0.717) is 6.54 Å². The van der Waals surface area contributed by atoms with Crippen LogP contribution in [0.25, 0.3) is 0 Å². The van der Waals surface area contributed by atoms with E-state index < -0.39 is 0 Å². The number of thiophene rings is 1. The summed E-state index contributed by atoms with van der Waals surface area (Å²) in [6, 6.07) is 0. The van der Waals surface area contributed by atoms with Crippen molar-refractivity contribution in [2.24, 2.45) is 11.3 Å². The Balaban J connectivity index is 1.67. The second-order valence-electron chi connectivity index (χ2n) is 6.24. The Morgan fingerprint density at radius 3 is 3.05 bits per heavy atom. The smallest absolute Gasteiger partial charge is 0.252 e. The molecule has 2 N–H and O–H groups in total. The lowest BCUT2D eigenvalue weighted by Gasteiger charge is -2.19. The van der Waals surface area contributed by atoms with Crippen molar-refractivity contribution in [1.29, 1.82) is 0 Å². The van der Waals surface area contributed by atoms with Gasteiger partial charge >= 0.3 is 0 Å². The van der Waals surface area contributed by atoms with Gasteiger partial charge in [0.1, 0.15) is 0 Å². The molecule has 1 saturated carbocycles. The van der Waals surface area contributed by atoms with Crippen LogP contribution < -0.4 is 5.32 Å². The van der Waals surface area contributed by atoms with E-state index in [2.05, 4.69) is 12.2 Å². The molecule has 0 radical (unpaired) electrons. The molecule has 0 saturated heterocycles. The van der Waals surface area contributed by atoms with Crippen molar-refractivity contribution in [3.8, 4) is 0 Å². The van der Waals surface area contributed by atoms with Gasteiger partial charge in [-0.25, -0.2) is 0 Å². The highest BCUT2D eigenvalue weighted by molar-refractivity contribution is 7.10. The molecule has 3 rings (SSSR count). The van der Waals surface area contributed by atoms with Gasteiger partial charge in [0.15, 0.2) is 0 Å². The minimum atomic E-state index is -0.0136. The molecule has 1 atom stereocenters. The lowest BCUT2D eigenvalue weighted by atomic mass is 9.88. The third-order valence-corrected chi connectivity index (χ3v) is 5.61. The van der Waals surface area contributed by atoms with Crippen molar-refractivity contribution in [2.75, 3.05) is 13.2 Å². The monoisotopic (exact) mass is 279 g/mol. The van der Waals surface area contributed by atoms with E-state index >= 15 is 0 Å². The molecule has 1 amide bonds. The van der Waals surface area contributed by atoms with Gasteiger partial charge in [-0.2, -0.15) is 0 Å². The van der Waals surface area contributed by atoms with Gasteiger partial charge in [0.05, 0.1) is 12.2 Å². The van der Waals surface area contributed by atoms with E-state index in [0.717, 1.165) is 37.2 Å². The summed E-state index contributed by atoms with van der Waals surface area (Å²) in [6.45, 7) is 3.08. The molecule has 19 heavy (non-hydrogen) atoms. The normalized spacial score (nSPS) is 23.8. The van der Waals surface area contributed by atoms with Gasteiger partial charge in [-0.05, 0) is 43.6 Å². The first kappa shape index (κ1) is 13.1. The molecule has 1 fully saturated rings. The second-order valence-corrected chi connectivity index (χ2v) is 7.20. The van der Waals surface area contributed by atoms with Crippen molar-refractivity contribution in [1.82, 2.24) is 5.32 Å². The van der Waals surface area contributed by atoms with E-state index in [1.807, 2.05) is 5.38 Å². The van der Waals surface area contributed by atoms with Crippen molar-refractivity contribution in [3.63, 3.8) is 0 Å². The fourth-order valence-electron chi connectivity index (χ4n) is 2.80. The van der Waals surface area contributed by atoms with Gasteiger partial charge in [0, 0.05) is 22.2 Å². The second kappa shape index (κ2) is 4.91. The van der Waals surface area contributed by atoms with Crippen molar-refractivity contribution >= 4 is 17.2 Å². The zero-order valence-corrected chi connectivity index (χ0v) is 12.2. The topological polar surface area (TPSA) is 49.3 Å². The zero-order valence-electron chi connectivity index (χ0n) is 11.4. The number of hydrogen-bond acceptors (Lipinski definition) is 3. The molecule has 3 nitrogen and oxygen atoms in total. The van der Waals surface area contributed by atoms with Crippen molar-refractivity contribution in [3.05, 3.63) is 21.4 Å². The van der Waals surface area contributed by atoms with Gasteiger partial charge in [-0.3, -0.25) is 4.79 Å². The number of aliphatic hydroxyl groups excluding tert-OH is 1. The third-order valence-electron chi connectivity index (χ3n) is 4.56. The van der Waals surface area contributed by atoms with Crippen LogP contribution >= 0.6 is 11.3 Å². The first-order valence-corrected chi connectivity index (χ1v) is 8.00. The maximum atomic E-state index is 12.3. The van der Waals surface area contributed by atoms with Crippen LogP contribution in [-0.4, -0.2) is 24.2 Å². The number of rotatable bonds is 4. The SMILES string of the molecule is CC1CCc2c(C(=O)NCC3(CO)CC3)csc2C1. The predicted octanol–water partition coefficient (Wildman–Crippen LogP) is 2.38. The van der Waals surface area contributed by atoms with Gasteiger partial charge in [-0.1, -0.05) is 6.92 Å². The number of amides is 1. The summed E-state index contributed by atoms with van der Waals surface area (Å²) in [5, 5.41) is 14.3. The molecule has 1 aromatic heterocycles. The highest BCUT2D eigenvalue weighted by Crippen LogP contribution is 2.44. The van der Waals surface area contributed by atoms with Crippen LogP contribution in [0.5, 0.6) is 0 Å². The molecule has 2 aliphatic rings. The Morgan fingerprint density at radius 1 is 1.58 bits per heavy atom. The molecular weight excluding hydrogens is 258 g/mol. The van der Waals surface area contributed by atoms with Crippen LogP contribution in [0.2, 0.25) is 0 Å². The van der Waals surface area contributed by atoms with Gasteiger partial charge in [0.25, 0.3) is 5.91 Å². The Bertz CT molecular complexity index is 490. The number of carbonyl (C=O) groups is 1. The average Bonchev–Trinajstić information content (AvgIpc) is 3.08. The largest absolute Gasteiger partial charge is 0.396 e. The minimum Gasteiger partial charge on any atom is -0.396 e. The molecule has 4 heteroatoms. The molecule has 1 aromatic rings. The summed E-state index contributed by atoms with van der Waals surface area (Å²) in [4.78, 5) is 13.7. The van der Waals surface area contributed by atoms with Gasteiger partial charge < -0.3 is 10.4 Å². The van der Waals surface area contributed by atoms with Crippen LogP contribution in [0.4, 0.5) is 0 Å². The number of aliphatic hydroxyl groups is 1.